The molecule has 9 nitrogen and oxygen atoms in total. The van der Waals surface area contributed by atoms with Gasteiger partial charge in [-0.05, 0) is 158 Å². The number of amides is 2. The molecule has 3 unspecified atom stereocenters. The van der Waals surface area contributed by atoms with Crippen molar-refractivity contribution in [2.75, 3.05) is 56.5 Å². The van der Waals surface area contributed by atoms with Crippen LogP contribution in [0.3, 0.4) is 0 Å². The van der Waals surface area contributed by atoms with Gasteiger partial charge in [0.15, 0.2) is 6.54 Å². The zero-order valence-corrected chi connectivity index (χ0v) is 37.6. The topological polar surface area (TPSA) is 119 Å². The maximum atomic E-state index is 13.9. The van der Waals surface area contributed by atoms with E-state index < -0.39 is 5.97 Å². The highest BCUT2D eigenvalue weighted by Crippen LogP contribution is 2.34. The number of hydrogen-bond donors (Lipinski definition) is 4. The maximum absolute atomic E-state index is 13.9. The summed E-state index contributed by atoms with van der Waals surface area (Å²) in [6.07, 6.45) is 16.3. The number of aliphatic carboxylic acids is 1. The molecule has 0 saturated carbocycles. The minimum absolute atomic E-state index is 0.0508. The second kappa shape index (κ2) is 25.4. The van der Waals surface area contributed by atoms with Gasteiger partial charge in [0.25, 0.3) is 5.91 Å². The van der Waals surface area contributed by atoms with Crippen LogP contribution in [0.5, 0.6) is 0 Å². The number of carbonyl (C=O) groups is 3. The van der Waals surface area contributed by atoms with E-state index >= 15 is 0 Å². The van der Waals surface area contributed by atoms with Gasteiger partial charge in [-0.1, -0.05) is 76.4 Å². The minimum Gasteiger partial charge on any atom is -0.481 e. The van der Waals surface area contributed by atoms with Crippen molar-refractivity contribution in [2.24, 2.45) is 11.3 Å². The lowest BCUT2D eigenvalue weighted by atomic mass is 9.78. The average Bonchev–Trinajstić information content (AvgIpc) is 3.15. The number of benzene rings is 2. The summed E-state index contributed by atoms with van der Waals surface area (Å²) in [4.78, 5) is 41.1. The number of rotatable bonds is 28. The van der Waals surface area contributed by atoms with Crippen molar-refractivity contribution >= 4 is 29.2 Å². The zero-order chi connectivity index (χ0) is 42.6. The first-order valence-electron chi connectivity index (χ1n) is 22.8. The van der Waals surface area contributed by atoms with E-state index in [1.807, 2.05) is 38.1 Å². The normalized spacial score (nSPS) is 16.4. The number of likely N-dealkylation sites (tertiary alicyclic amines) is 1. The Morgan fingerprint density at radius 3 is 1.93 bits per heavy atom. The number of aryl methyl sites for hydroxylation is 4. The molecule has 58 heavy (non-hydrogen) atoms. The third-order valence-electron chi connectivity index (χ3n) is 12.7. The molecule has 1 saturated heterocycles. The van der Waals surface area contributed by atoms with Gasteiger partial charge in [0.05, 0.1) is 25.7 Å². The zero-order valence-electron chi connectivity index (χ0n) is 37.6. The van der Waals surface area contributed by atoms with Gasteiger partial charge in [-0.15, -0.1) is 0 Å². The van der Waals surface area contributed by atoms with Crippen LogP contribution in [0, 0.1) is 39.0 Å². The van der Waals surface area contributed by atoms with E-state index in [0.717, 1.165) is 167 Å². The number of aliphatic hydroxyl groups is 1. The number of aliphatic hydroxyl groups excluding tert-OH is 1. The summed E-state index contributed by atoms with van der Waals surface area (Å²) in [6.45, 7) is 20.7. The van der Waals surface area contributed by atoms with Gasteiger partial charge in [0.1, 0.15) is 0 Å². The number of quaternary nitrogens is 1. The molecule has 0 bridgehead atoms. The molecule has 9 heteroatoms. The third-order valence-corrected chi connectivity index (χ3v) is 12.7. The molecule has 326 valence electrons. The lowest BCUT2D eigenvalue weighted by Crippen LogP contribution is -2.54. The molecule has 0 radical (unpaired) electrons. The molecule has 2 amide bonds. The van der Waals surface area contributed by atoms with Crippen LogP contribution in [-0.2, 0) is 14.4 Å². The van der Waals surface area contributed by atoms with Crippen molar-refractivity contribution in [1.82, 2.24) is 4.90 Å². The number of carboxylic acids is 1. The molecule has 2 aromatic carbocycles. The lowest BCUT2D eigenvalue weighted by Gasteiger charge is -2.40. The van der Waals surface area contributed by atoms with E-state index in [0.29, 0.717) is 18.9 Å². The highest BCUT2D eigenvalue weighted by molar-refractivity contribution is 5.96. The van der Waals surface area contributed by atoms with Crippen LogP contribution in [0.1, 0.15) is 152 Å². The Morgan fingerprint density at radius 1 is 0.776 bits per heavy atom. The highest BCUT2D eigenvalue weighted by atomic mass is 16.4. The van der Waals surface area contributed by atoms with Crippen molar-refractivity contribution < 1.29 is 29.1 Å². The molecule has 0 spiro atoms. The van der Waals surface area contributed by atoms with Crippen molar-refractivity contribution in [3.63, 3.8) is 0 Å². The number of unbranched alkanes of at least 4 members (excludes halogenated alkanes) is 6. The Bertz CT molecular complexity index is 1520. The first kappa shape index (κ1) is 49.1. The third kappa shape index (κ3) is 17.5. The summed E-state index contributed by atoms with van der Waals surface area (Å²) >= 11 is 0. The second-order valence-corrected chi connectivity index (χ2v) is 18.7. The van der Waals surface area contributed by atoms with Gasteiger partial charge in [-0.3, -0.25) is 19.3 Å². The smallest absolute Gasteiger partial charge is 0.303 e. The summed E-state index contributed by atoms with van der Waals surface area (Å²) in [5.41, 5.74) is 6.35. The van der Waals surface area contributed by atoms with Crippen molar-refractivity contribution in [3.8, 4) is 0 Å². The van der Waals surface area contributed by atoms with E-state index in [-0.39, 0.29) is 36.3 Å². The Balaban J connectivity index is 1.62. The van der Waals surface area contributed by atoms with E-state index in [1.54, 1.807) is 0 Å². The summed E-state index contributed by atoms with van der Waals surface area (Å²) in [7, 11) is 0. The molecular formula is C49H81N4O5+. The molecule has 1 fully saturated rings. The molecule has 4 N–H and O–H groups in total. The fraction of sp³-hybridized carbons (Fsp3) is 0.694. The molecule has 1 heterocycles. The van der Waals surface area contributed by atoms with Gasteiger partial charge in [-0.2, -0.15) is 0 Å². The average molecular weight is 806 g/mol. The quantitative estimate of drug-likeness (QED) is 0.0502. The molecule has 3 atom stereocenters. The van der Waals surface area contributed by atoms with Crippen LogP contribution in [0.2, 0.25) is 0 Å². The van der Waals surface area contributed by atoms with Gasteiger partial charge in [0, 0.05) is 24.4 Å². The number of para-hydroxylation sites is 2. The van der Waals surface area contributed by atoms with Crippen LogP contribution >= 0.6 is 0 Å². The second-order valence-electron chi connectivity index (χ2n) is 18.7. The number of carboxylic acid groups (broad SMARTS) is 1. The molecule has 3 rings (SSSR count). The standard InChI is InChI=1S/C49H80N4O5/c1-38(22-20-31-52-30-14-13-27-43(52)48(58)51-47-41(4)25-19-26-42(47)5)36-49(6,7)29-21-34-53(32-15-9-8-10-17-35-54,33-16-11-12-28-45(56)57)37-44(55)50-46-39(2)23-18-24-40(46)3/h18-19,23-26,38,43,54H,8-17,20-22,27-37H2,1-7H3,(H2-,50,51,55,56,57,58)/p+1. The van der Waals surface area contributed by atoms with Crippen LogP contribution < -0.4 is 10.6 Å². The van der Waals surface area contributed by atoms with E-state index in [2.05, 4.69) is 62.3 Å². The predicted octanol–water partition coefficient (Wildman–Crippen LogP) is 10.4. The number of nitrogens with zero attached hydrogens (tertiary/aromatic N) is 2. The number of nitrogens with one attached hydrogen (secondary N) is 2. The van der Waals surface area contributed by atoms with Crippen LogP contribution in [0.25, 0.3) is 0 Å². The monoisotopic (exact) mass is 806 g/mol. The molecule has 0 aromatic heterocycles. The van der Waals surface area contributed by atoms with E-state index in [9.17, 15) is 24.6 Å². The minimum atomic E-state index is -0.750. The molecule has 0 aliphatic carbocycles. The molecular weight excluding hydrogens is 725 g/mol. The van der Waals surface area contributed by atoms with E-state index in [1.165, 1.54) is 0 Å². The maximum Gasteiger partial charge on any atom is 0.303 e. The van der Waals surface area contributed by atoms with Crippen molar-refractivity contribution in [1.29, 1.82) is 0 Å². The predicted molar refractivity (Wildman–Crippen MR) is 240 cm³/mol. The number of anilines is 2. The van der Waals surface area contributed by atoms with Gasteiger partial charge in [0.2, 0.25) is 5.91 Å². The fourth-order valence-electron chi connectivity index (χ4n) is 9.51. The Morgan fingerprint density at radius 2 is 1.33 bits per heavy atom. The molecule has 1 aliphatic rings. The SMILES string of the molecule is Cc1cccc(C)c1NC(=O)C[N+](CCCCCCCO)(CCCCCC(=O)O)CCCC(C)(C)CC(C)CCCN1CCCCC1C(=O)Nc1c(C)cccc1C. The highest BCUT2D eigenvalue weighted by Gasteiger charge is 2.32. The molecule has 1 aliphatic heterocycles. The molecule has 2 aromatic rings. The van der Waals surface area contributed by atoms with E-state index in [4.69, 9.17) is 0 Å². The summed E-state index contributed by atoms with van der Waals surface area (Å²) in [6, 6.07) is 12.2. The summed E-state index contributed by atoms with van der Waals surface area (Å²) in [5, 5.41) is 25.1. The van der Waals surface area contributed by atoms with Crippen molar-refractivity contribution in [3.05, 3.63) is 58.7 Å². The largest absolute Gasteiger partial charge is 0.481 e. The number of hydrogen-bond acceptors (Lipinski definition) is 5. The van der Waals surface area contributed by atoms with Crippen LogP contribution in [0.15, 0.2) is 36.4 Å². The first-order chi connectivity index (χ1) is 27.6. The van der Waals surface area contributed by atoms with Crippen LogP contribution in [-0.4, -0.2) is 89.3 Å². The van der Waals surface area contributed by atoms with Gasteiger partial charge >= 0.3 is 5.97 Å². The fourth-order valence-corrected chi connectivity index (χ4v) is 9.51. The van der Waals surface area contributed by atoms with Gasteiger partial charge in [-0.25, -0.2) is 0 Å². The first-order valence-corrected chi connectivity index (χ1v) is 22.8. The summed E-state index contributed by atoms with van der Waals surface area (Å²) in [5.74, 6) is -0.00217. The Labute approximate surface area is 352 Å². The van der Waals surface area contributed by atoms with Crippen LogP contribution in [0.4, 0.5) is 11.4 Å². The number of carbonyl (C=O) groups excluding carboxylic acids is 2. The Kier molecular flexibility index (Phi) is 21.5. The van der Waals surface area contributed by atoms with Crippen molar-refractivity contribution in [2.45, 2.75) is 164 Å². The lowest BCUT2D eigenvalue weighted by molar-refractivity contribution is -0.921. The van der Waals surface area contributed by atoms with Gasteiger partial charge < -0.3 is 25.3 Å². The summed E-state index contributed by atoms with van der Waals surface area (Å²) < 4.78 is 0.726. The number of piperidine rings is 1. The Hall–Kier alpha value is -3.27.